The van der Waals surface area contributed by atoms with Crippen LogP contribution in [0.25, 0.3) is 11.0 Å². The fraction of sp³-hybridized carbons (Fsp3) is 0.429. The predicted octanol–water partition coefficient (Wildman–Crippen LogP) is 2.32. The quantitative estimate of drug-likeness (QED) is 0.210. The molecule has 1 aliphatic heterocycles. The van der Waals surface area contributed by atoms with E-state index in [0.717, 1.165) is 55.5 Å². The van der Waals surface area contributed by atoms with Crippen molar-refractivity contribution in [1.82, 2.24) is 30.0 Å². The van der Waals surface area contributed by atoms with Crippen molar-refractivity contribution in [3.05, 3.63) is 42.6 Å². The Morgan fingerprint density at radius 3 is 2.69 bits per heavy atom. The third-order valence-corrected chi connectivity index (χ3v) is 5.30. The third-order valence-electron chi connectivity index (χ3n) is 5.30. The Bertz CT molecular complexity index is 1050. The molecule has 0 bridgehead atoms. The zero-order valence-electron chi connectivity index (χ0n) is 18.3. The molecule has 0 radical (unpaired) electrons. The number of hydrogen-bond acceptors (Lipinski definition) is 6. The lowest BCUT2D eigenvalue weighted by atomic mass is 10.2. The molecule has 3 aromatic rings. The van der Waals surface area contributed by atoms with Gasteiger partial charge in [-0.3, -0.25) is 9.67 Å². The summed E-state index contributed by atoms with van der Waals surface area (Å²) < 4.78 is 15.8. The second kappa shape index (κ2) is 11.2. The maximum atomic E-state index is 14.1. The van der Waals surface area contributed by atoms with Gasteiger partial charge in [0, 0.05) is 46.3 Å². The first-order chi connectivity index (χ1) is 15.2. The molecule has 0 spiro atoms. The maximum absolute atomic E-state index is 14.1. The lowest BCUT2D eigenvalue weighted by Gasteiger charge is -2.37. The van der Waals surface area contributed by atoms with Gasteiger partial charge < -0.3 is 20.4 Å². The van der Waals surface area contributed by atoms with Crippen molar-refractivity contribution >= 4 is 52.5 Å². The molecule has 0 amide bonds. The highest BCUT2D eigenvalue weighted by Gasteiger charge is 2.21. The molecule has 1 saturated heterocycles. The molecule has 11 heteroatoms. The number of aromatic nitrogens is 4. The highest BCUT2D eigenvalue weighted by Crippen LogP contribution is 2.20. The van der Waals surface area contributed by atoms with Crippen LogP contribution < -0.4 is 15.5 Å². The van der Waals surface area contributed by atoms with E-state index in [4.69, 9.17) is 4.99 Å². The molecule has 0 aliphatic carbocycles. The third kappa shape index (κ3) is 5.37. The summed E-state index contributed by atoms with van der Waals surface area (Å²) in [7, 11) is 1.86. The first-order valence-corrected chi connectivity index (χ1v) is 10.6. The molecule has 3 heterocycles. The summed E-state index contributed by atoms with van der Waals surface area (Å²) in [5, 5.41) is 11.8. The van der Waals surface area contributed by atoms with Gasteiger partial charge in [-0.05, 0) is 19.1 Å². The van der Waals surface area contributed by atoms with Gasteiger partial charge in [-0.2, -0.15) is 5.10 Å². The summed E-state index contributed by atoms with van der Waals surface area (Å²) in [6.07, 6.45) is 3.30. The van der Waals surface area contributed by atoms with Crippen molar-refractivity contribution < 1.29 is 4.39 Å². The van der Waals surface area contributed by atoms with Crippen LogP contribution in [0.2, 0.25) is 0 Å². The number of rotatable bonds is 6. The van der Waals surface area contributed by atoms with Crippen molar-refractivity contribution in [3.63, 3.8) is 0 Å². The fourth-order valence-corrected chi connectivity index (χ4v) is 3.73. The molecule has 32 heavy (non-hydrogen) atoms. The van der Waals surface area contributed by atoms with Gasteiger partial charge in [0.2, 0.25) is 0 Å². The summed E-state index contributed by atoms with van der Waals surface area (Å²) >= 11 is 0. The van der Waals surface area contributed by atoms with Crippen LogP contribution in [0.15, 0.2) is 41.8 Å². The Hall–Kier alpha value is -2.70. The van der Waals surface area contributed by atoms with Crippen LogP contribution in [0.1, 0.15) is 6.92 Å². The number of halogens is 2. The van der Waals surface area contributed by atoms with E-state index in [9.17, 15) is 4.39 Å². The topological polar surface area (TPSA) is 86.5 Å². The van der Waals surface area contributed by atoms with Crippen LogP contribution in [-0.2, 0) is 7.05 Å². The number of nitrogens with one attached hydrogen (secondary N) is 2. The van der Waals surface area contributed by atoms with Gasteiger partial charge in [-0.1, -0.05) is 12.1 Å². The first kappa shape index (κ1) is 24.0. The van der Waals surface area contributed by atoms with Gasteiger partial charge >= 0.3 is 0 Å². The summed E-state index contributed by atoms with van der Waals surface area (Å²) in [6.45, 7) is 7.18. The van der Waals surface area contributed by atoms with Gasteiger partial charge in [-0.15, -0.1) is 24.0 Å². The van der Waals surface area contributed by atoms with Gasteiger partial charge in [0.05, 0.1) is 23.8 Å². The minimum Gasteiger partial charge on any atom is -0.367 e. The molecule has 1 fully saturated rings. The molecule has 2 N–H and O–H groups in total. The SMILES string of the molecule is CCNC(=NCCNc1ncnc2c1cnn2C)N1CCN(c2ccccc2F)CC1.I. The molecular formula is C21H29FIN9. The highest BCUT2D eigenvalue weighted by molar-refractivity contribution is 14.0. The van der Waals surface area contributed by atoms with E-state index in [0.29, 0.717) is 18.8 Å². The van der Waals surface area contributed by atoms with Crippen molar-refractivity contribution in [2.75, 3.05) is 56.0 Å². The largest absolute Gasteiger partial charge is 0.367 e. The Kier molecular flexibility index (Phi) is 8.42. The smallest absolute Gasteiger partial charge is 0.194 e. The number of aliphatic imine (C=N–C) groups is 1. The fourth-order valence-electron chi connectivity index (χ4n) is 3.73. The number of nitrogens with zero attached hydrogens (tertiary/aromatic N) is 7. The molecule has 0 saturated carbocycles. The number of aryl methyl sites for hydroxylation is 1. The molecule has 0 unspecified atom stereocenters. The normalized spacial score (nSPS) is 14.4. The maximum Gasteiger partial charge on any atom is 0.194 e. The average Bonchev–Trinajstić information content (AvgIpc) is 3.18. The average molecular weight is 553 g/mol. The van der Waals surface area contributed by atoms with Crippen molar-refractivity contribution in [3.8, 4) is 0 Å². The number of guanidine groups is 1. The van der Waals surface area contributed by atoms with E-state index < -0.39 is 0 Å². The van der Waals surface area contributed by atoms with Crippen LogP contribution >= 0.6 is 24.0 Å². The number of piperazine rings is 1. The number of para-hydroxylation sites is 1. The summed E-state index contributed by atoms with van der Waals surface area (Å²) in [5.41, 5.74) is 1.46. The van der Waals surface area contributed by atoms with Crippen LogP contribution in [-0.4, -0.2) is 76.4 Å². The number of hydrogen-bond donors (Lipinski definition) is 2. The minimum absolute atomic E-state index is 0. The molecular weight excluding hydrogens is 524 g/mol. The summed E-state index contributed by atoms with van der Waals surface area (Å²) in [6, 6.07) is 6.94. The van der Waals surface area contributed by atoms with Gasteiger partial charge in [0.25, 0.3) is 0 Å². The first-order valence-electron chi connectivity index (χ1n) is 10.6. The van der Waals surface area contributed by atoms with Crippen LogP contribution in [0.3, 0.4) is 0 Å². The van der Waals surface area contributed by atoms with E-state index in [1.165, 1.54) is 12.4 Å². The summed E-state index contributed by atoms with van der Waals surface area (Å²) in [5.74, 6) is 1.47. The highest BCUT2D eigenvalue weighted by atomic mass is 127. The van der Waals surface area contributed by atoms with Crippen LogP contribution in [0.5, 0.6) is 0 Å². The number of benzene rings is 1. The van der Waals surface area contributed by atoms with Crippen molar-refractivity contribution in [2.45, 2.75) is 6.92 Å². The molecule has 1 aromatic carbocycles. The zero-order valence-corrected chi connectivity index (χ0v) is 20.7. The molecule has 9 nitrogen and oxygen atoms in total. The standard InChI is InChI=1S/C21H28FN9.HI/c1-3-23-21(31-12-10-30(11-13-31)18-7-5-4-6-17(18)22)25-9-8-24-19-16-14-28-29(2)20(16)27-15-26-19;/h4-7,14-15H,3,8-13H2,1-2H3,(H,23,25)(H,24,26,27);1H. The van der Waals surface area contributed by atoms with E-state index in [-0.39, 0.29) is 29.8 Å². The predicted molar refractivity (Wildman–Crippen MR) is 136 cm³/mol. The van der Waals surface area contributed by atoms with E-state index in [1.54, 1.807) is 16.9 Å². The number of anilines is 2. The Morgan fingerprint density at radius 1 is 1.16 bits per heavy atom. The molecule has 2 aromatic heterocycles. The Morgan fingerprint density at radius 2 is 1.94 bits per heavy atom. The number of fused-ring (bicyclic) bond motifs is 1. The molecule has 1 aliphatic rings. The van der Waals surface area contributed by atoms with Crippen LogP contribution in [0.4, 0.5) is 15.9 Å². The monoisotopic (exact) mass is 553 g/mol. The summed E-state index contributed by atoms with van der Waals surface area (Å²) in [4.78, 5) is 17.7. The lowest BCUT2D eigenvalue weighted by Crippen LogP contribution is -2.52. The zero-order chi connectivity index (χ0) is 21.6. The van der Waals surface area contributed by atoms with E-state index in [2.05, 4.69) is 42.4 Å². The minimum atomic E-state index is -0.171. The molecule has 4 rings (SSSR count). The Balaban J connectivity index is 0.00000289. The molecule has 172 valence electrons. The lowest BCUT2D eigenvalue weighted by molar-refractivity contribution is 0.371. The Labute approximate surface area is 204 Å². The van der Waals surface area contributed by atoms with Crippen molar-refractivity contribution in [1.29, 1.82) is 0 Å². The molecule has 0 atom stereocenters. The van der Waals surface area contributed by atoms with Crippen molar-refractivity contribution in [2.24, 2.45) is 12.0 Å². The van der Waals surface area contributed by atoms with Gasteiger partial charge in [0.1, 0.15) is 18.0 Å². The van der Waals surface area contributed by atoms with Crippen LogP contribution in [0, 0.1) is 5.82 Å². The second-order valence-corrected chi connectivity index (χ2v) is 7.32. The van der Waals surface area contributed by atoms with E-state index in [1.807, 2.05) is 19.2 Å². The van der Waals surface area contributed by atoms with Gasteiger partial charge in [-0.25, -0.2) is 14.4 Å². The van der Waals surface area contributed by atoms with Gasteiger partial charge in [0.15, 0.2) is 11.6 Å². The van der Waals surface area contributed by atoms with E-state index >= 15 is 0 Å². The second-order valence-electron chi connectivity index (χ2n) is 7.32.